The van der Waals surface area contributed by atoms with E-state index in [9.17, 15) is 9.59 Å². The van der Waals surface area contributed by atoms with Crippen molar-refractivity contribution in [1.29, 1.82) is 0 Å². The monoisotopic (exact) mass is 307 g/mol. The maximum Gasteiger partial charge on any atom is 0.292 e. The van der Waals surface area contributed by atoms with Crippen LogP contribution in [0.2, 0.25) is 0 Å². The van der Waals surface area contributed by atoms with E-state index in [4.69, 9.17) is 0 Å². The first kappa shape index (κ1) is 15.0. The second kappa shape index (κ2) is 6.04. The van der Waals surface area contributed by atoms with E-state index in [-0.39, 0.29) is 6.54 Å². The minimum absolute atomic E-state index is 0.231. The van der Waals surface area contributed by atoms with Crippen LogP contribution in [0.4, 0.5) is 0 Å². The number of hydrogen-bond acceptors (Lipinski definition) is 3. The lowest BCUT2D eigenvalue weighted by molar-refractivity contribution is -0.117. The number of aromatic nitrogens is 2. The lowest BCUT2D eigenvalue weighted by atomic mass is 10.1. The van der Waals surface area contributed by atoms with Crippen LogP contribution in [0.25, 0.3) is 10.9 Å². The molecule has 0 fully saturated rings. The summed E-state index contributed by atoms with van der Waals surface area (Å²) in [6, 6.07) is 13.0. The predicted octanol–water partition coefficient (Wildman–Crippen LogP) is 2.38. The number of carbonyl (C=O) groups is 2. The highest BCUT2D eigenvalue weighted by Gasteiger charge is 2.23. The fourth-order valence-electron chi connectivity index (χ4n) is 2.67. The number of para-hydroxylation sites is 1. The Hall–Kier alpha value is -2.95. The van der Waals surface area contributed by atoms with Gasteiger partial charge in [-0.15, -0.1) is 0 Å². The van der Waals surface area contributed by atoms with E-state index >= 15 is 0 Å². The Balaban J connectivity index is 1.86. The smallest absolute Gasteiger partial charge is 0.292 e. The van der Waals surface area contributed by atoms with Gasteiger partial charge in [0, 0.05) is 29.8 Å². The molecule has 0 aliphatic carbocycles. The SMILES string of the molecule is Cc1c(C(=O)C(=O)NCc2ccccn2)c2ccccc2n1C. The zero-order chi connectivity index (χ0) is 16.4. The summed E-state index contributed by atoms with van der Waals surface area (Å²) in [5, 5.41) is 3.43. The average Bonchev–Trinajstić information content (AvgIpc) is 2.84. The molecule has 0 bridgehead atoms. The second-order valence-corrected chi connectivity index (χ2v) is 5.37. The molecule has 5 nitrogen and oxygen atoms in total. The zero-order valence-corrected chi connectivity index (χ0v) is 13.0. The van der Waals surface area contributed by atoms with Gasteiger partial charge in [-0.25, -0.2) is 0 Å². The molecule has 0 unspecified atom stereocenters. The van der Waals surface area contributed by atoms with Crippen LogP contribution in [0, 0.1) is 6.92 Å². The van der Waals surface area contributed by atoms with Gasteiger partial charge in [-0.2, -0.15) is 0 Å². The first-order valence-corrected chi connectivity index (χ1v) is 7.36. The Labute approximate surface area is 134 Å². The number of benzene rings is 1. The lowest BCUT2D eigenvalue weighted by Gasteiger charge is -2.05. The number of aryl methyl sites for hydroxylation is 1. The molecule has 1 N–H and O–H groups in total. The Morgan fingerprint density at radius 1 is 1.13 bits per heavy atom. The number of pyridine rings is 1. The largest absolute Gasteiger partial charge is 0.347 e. The Morgan fingerprint density at radius 2 is 1.87 bits per heavy atom. The number of carbonyl (C=O) groups excluding carboxylic acids is 2. The van der Waals surface area contributed by atoms with Crippen LogP contribution < -0.4 is 5.32 Å². The van der Waals surface area contributed by atoms with Crippen molar-refractivity contribution in [2.75, 3.05) is 0 Å². The van der Waals surface area contributed by atoms with Crippen molar-refractivity contribution in [2.24, 2.45) is 7.05 Å². The number of Topliss-reactive ketones (excluding diaryl/α,β-unsaturated/α-hetero) is 1. The van der Waals surface area contributed by atoms with E-state index in [1.165, 1.54) is 0 Å². The van der Waals surface area contributed by atoms with Gasteiger partial charge in [0.25, 0.3) is 11.7 Å². The third-order valence-corrected chi connectivity index (χ3v) is 3.99. The van der Waals surface area contributed by atoms with Gasteiger partial charge < -0.3 is 9.88 Å². The average molecular weight is 307 g/mol. The molecule has 23 heavy (non-hydrogen) atoms. The summed E-state index contributed by atoms with van der Waals surface area (Å²) in [7, 11) is 1.89. The third kappa shape index (κ3) is 2.73. The topological polar surface area (TPSA) is 64.0 Å². The van der Waals surface area contributed by atoms with Crippen LogP contribution in [0.3, 0.4) is 0 Å². The fourth-order valence-corrected chi connectivity index (χ4v) is 2.67. The molecule has 0 spiro atoms. The van der Waals surface area contributed by atoms with Crippen molar-refractivity contribution in [3.63, 3.8) is 0 Å². The van der Waals surface area contributed by atoms with Crippen LogP contribution >= 0.6 is 0 Å². The van der Waals surface area contributed by atoms with Gasteiger partial charge in [-0.05, 0) is 25.1 Å². The van der Waals surface area contributed by atoms with Crippen LogP contribution in [0.5, 0.6) is 0 Å². The molecule has 2 heterocycles. The van der Waals surface area contributed by atoms with Crippen molar-refractivity contribution < 1.29 is 9.59 Å². The summed E-state index contributed by atoms with van der Waals surface area (Å²) in [4.78, 5) is 28.9. The maximum atomic E-state index is 12.6. The molecule has 0 aliphatic rings. The number of nitrogens with zero attached hydrogens (tertiary/aromatic N) is 2. The molecule has 0 aliphatic heterocycles. The summed E-state index contributed by atoms with van der Waals surface area (Å²) < 4.78 is 1.93. The highest BCUT2D eigenvalue weighted by atomic mass is 16.2. The van der Waals surface area contributed by atoms with Crippen molar-refractivity contribution in [3.8, 4) is 0 Å². The van der Waals surface area contributed by atoms with E-state index < -0.39 is 11.7 Å². The van der Waals surface area contributed by atoms with Gasteiger partial charge in [0.1, 0.15) is 0 Å². The standard InChI is InChI=1S/C18H17N3O2/c1-12-16(14-8-3-4-9-15(14)21(12)2)17(22)18(23)20-11-13-7-5-6-10-19-13/h3-10H,11H2,1-2H3,(H,20,23). The van der Waals surface area contributed by atoms with Gasteiger partial charge in [0.05, 0.1) is 17.8 Å². The Bertz CT molecular complexity index is 882. The van der Waals surface area contributed by atoms with Gasteiger partial charge in [-0.1, -0.05) is 24.3 Å². The number of nitrogens with one attached hydrogen (secondary N) is 1. The summed E-state index contributed by atoms with van der Waals surface area (Å²) in [5.74, 6) is -1.13. The van der Waals surface area contributed by atoms with Crippen molar-refractivity contribution in [1.82, 2.24) is 14.9 Å². The molecule has 3 rings (SSSR count). The van der Waals surface area contributed by atoms with E-state index in [2.05, 4.69) is 10.3 Å². The van der Waals surface area contributed by atoms with Crippen molar-refractivity contribution >= 4 is 22.6 Å². The number of amides is 1. The van der Waals surface area contributed by atoms with E-state index in [1.807, 2.05) is 48.9 Å². The number of fused-ring (bicyclic) bond motifs is 1. The van der Waals surface area contributed by atoms with Crippen LogP contribution in [-0.2, 0) is 18.4 Å². The van der Waals surface area contributed by atoms with Gasteiger partial charge in [0.2, 0.25) is 0 Å². The summed E-state index contributed by atoms with van der Waals surface area (Å²) in [6.45, 7) is 2.08. The van der Waals surface area contributed by atoms with Crippen molar-refractivity contribution in [3.05, 3.63) is 65.6 Å². The number of hydrogen-bond donors (Lipinski definition) is 1. The van der Waals surface area contributed by atoms with Crippen molar-refractivity contribution in [2.45, 2.75) is 13.5 Å². The molecule has 5 heteroatoms. The first-order valence-electron chi connectivity index (χ1n) is 7.36. The molecule has 1 aromatic carbocycles. The van der Waals surface area contributed by atoms with E-state index in [0.717, 1.165) is 16.6 Å². The normalized spacial score (nSPS) is 10.7. The van der Waals surface area contributed by atoms with Crippen LogP contribution in [0.15, 0.2) is 48.7 Å². The molecule has 2 aromatic heterocycles. The zero-order valence-electron chi connectivity index (χ0n) is 13.0. The predicted molar refractivity (Wildman–Crippen MR) is 88.1 cm³/mol. The van der Waals surface area contributed by atoms with Crippen LogP contribution in [0.1, 0.15) is 21.7 Å². The minimum atomic E-state index is -0.616. The molecular formula is C18H17N3O2. The maximum absolute atomic E-state index is 12.6. The highest BCUT2D eigenvalue weighted by molar-refractivity contribution is 6.45. The molecule has 1 amide bonds. The fraction of sp³-hybridized carbons (Fsp3) is 0.167. The number of ketones is 1. The van der Waals surface area contributed by atoms with E-state index in [0.29, 0.717) is 11.3 Å². The summed E-state index contributed by atoms with van der Waals surface area (Å²) >= 11 is 0. The molecule has 0 saturated heterocycles. The molecule has 3 aromatic rings. The summed E-state index contributed by atoms with van der Waals surface area (Å²) in [5.41, 5.74) is 2.89. The second-order valence-electron chi connectivity index (χ2n) is 5.37. The molecule has 116 valence electrons. The third-order valence-electron chi connectivity index (χ3n) is 3.99. The molecular weight excluding hydrogens is 290 g/mol. The Morgan fingerprint density at radius 3 is 2.61 bits per heavy atom. The summed E-state index contributed by atoms with van der Waals surface area (Å²) in [6.07, 6.45) is 1.65. The van der Waals surface area contributed by atoms with Gasteiger partial charge in [0.15, 0.2) is 0 Å². The molecule has 0 radical (unpaired) electrons. The first-order chi connectivity index (χ1) is 11.1. The lowest BCUT2D eigenvalue weighted by Crippen LogP contribution is -2.31. The van der Waals surface area contributed by atoms with Gasteiger partial charge >= 0.3 is 0 Å². The Kier molecular flexibility index (Phi) is 3.93. The van der Waals surface area contributed by atoms with Gasteiger partial charge in [-0.3, -0.25) is 14.6 Å². The van der Waals surface area contributed by atoms with Crippen LogP contribution in [-0.4, -0.2) is 21.2 Å². The number of rotatable bonds is 4. The molecule has 0 atom stereocenters. The quantitative estimate of drug-likeness (QED) is 0.594. The molecule has 0 saturated carbocycles. The highest BCUT2D eigenvalue weighted by Crippen LogP contribution is 2.25. The minimum Gasteiger partial charge on any atom is -0.347 e. The van der Waals surface area contributed by atoms with E-state index in [1.54, 1.807) is 18.3 Å².